The van der Waals surface area contributed by atoms with Gasteiger partial charge in [-0.05, 0) is 43.7 Å². The molecule has 7 bridgehead atoms. The summed E-state index contributed by atoms with van der Waals surface area (Å²) in [5.41, 5.74) is -4.92. The topological polar surface area (TPSA) is 169 Å². The second-order valence-electron chi connectivity index (χ2n) is 15.2. The van der Waals surface area contributed by atoms with Crippen molar-refractivity contribution in [1.82, 2.24) is 4.90 Å². The molecule has 14 heteroatoms. The Balaban J connectivity index is 1.48. The number of piperidine rings is 1. The molecule has 1 spiro atoms. The summed E-state index contributed by atoms with van der Waals surface area (Å²) in [6, 6.07) is 5.98. The summed E-state index contributed by atoms with van der Waals surface area (Å²) in [5.74, 6) is -3.60. The SMILES string of the molecule is COC[C@@]12C(OC(C)=O)C[C@H](OC)[C@@]34[C@@H]5C[C@@]6(O)[C@@H](OC)C[C@@](OC(C)=O)([C@H]5[C@H]6OC(=O)c5ccc(OC)cc5)[C@@H]([C@H](OC)[C@H]13)[C@H]4N(C)[C@@H]2O. The lowest BCUT2D eigenvalue weighted by Gasteiger charge is -2.71. The molecule has 1 heterocycles. The van der Waals surface area contributed by atoms with E-state index in [1.54, 1.807) is 38.5 Å². The smallest absolute Gasteiger partial charge is 0.338 e. The summed E-state index contributed by atoms with van der Waals surface area (Å²) in [4.78, 5) is 41.8. The number of hydrogen-bond acceptors (Lipinski definition) is 14. The molecule has 50 heavy (non-hydrogen) atoms. The number of ether oxygens (including phenoxy) is 8. The number of methoxy groups -OCH3 is 5. The summed E-state index contributed by atoms with van der Waals surface area (Å²) in [6.07, 6.45) is -4.89. The fourth-order valence-electron chi connectivity index (χ4n) is 12.6. The summed E-state index contributed by atoms with van der Waals surface area (Å²) in [5, 5.41) is 25.3. The number of carbonyl (C=O) groups excluding carboxylic acids is 3. The van der Waals surface area contributed by atoms with E-state index in [0.29, 0.717) is 5.75 Å². The zero-order valence-electron chi connectivity index (χ0n) is 29.8. The van der Waals surface area contributed by atoms with Crippen molar-refractivity contribution in [3.63, 3.8) is 0 Å². The third-order valence-electron chi connectivity index (χ3n) is 13.6. The zero-order chi connectivity index (χ0) is 36.1. The van der Waals surface area contributed by atoms with E-state index in [-0.39, 0.29) is 31.4 Å². The van der Waals surface area contributed by atoms with Crippen molar-refractivity contribution in [3.05, 3.63) is 29.8 Å². The first kappa shape index (κ1) is 35.5. The number of aliphatic hydroxyl groups is 2. The molecule has 15 atom stereocenters. The molecule has 6 aliphatic rings. The van der Waals surface area contributed by atoms with Crippen LogP contribution in [0.2, 0.25) is 0 Å². The number of fused-ring (bicyclic) bond motifs is 2. The van der Waals surface area contributed by atoms with Crippen LogP contribution in [0, 0.1) is 34.5 Å². The van der Waals surface area contributed by atoms with E-state index in [1.807, 2.05) is 11.9 Å². The number of esters is 3. The van der Waals surface area contributed by atoms with E-state index < -0.39 is 106 Å². The molecule has 5 saturated carbocycles. The second-order valence-corrected chi connectivity index (χ2v) is 15.2. The van der Waals surface area contributed by atoms with E-state index in [9.17, 15) is 24.6 Å². The standard InChI is InChI=1S/C36H49NO13/c1-17(38)48-22-13-23(45-6)36-21-14-34(42)24(46-7)15-35(50-18(2)39,25(21)30(34)49-31(40)19-9-11-20(44-5)12-10-19)26-27(47-8)28(36)33(22,16-43-4)32(41)37(3)29(26)36/h9-12,21-30,32,41-42H,13-16H2,1-8H3/t21-,22?,23+,24+,25-,26+,27+,28-,29-,30-,32-,33-,34-,35-,36+/m1/s1. The average molecular weight is 704 g/mol. The van der Waals surface area contributed by atoms with Crippen LogP contribution in [0.4, 0.5) is 0 Å². The van der Waals surface area contributed by atoms with Crippen molar-refractivity contribution in [3.8, 4) is 5.75 Å². The van der Waals surface area contributed by atoms with Crippen molar-refractivity contribution in [1.29, 1.82) is 0 Å². The van der Waals surface area contributed by atoms with Gasteiger partial charge in [-0.25, -0.2) is 4.79 Å². The second kappa shape index (κ2) is 12.1. The van der Waals surface area contributed by atoms with Gasteiger partial charge >= 0.3 is 17.9 Å². The highest BCUT2D eigenvalue weighted by molar-refractivity contribution is 5.89. The minimum Gasteiger partial charge on any atom is -0.497 e. The number of likely N-dealkylation sites (tertiary alicyclic amines) is 1. The molecule has 5 aliphatic carbocycles. The predicted molar refractivity (Wildman–Crippen MR) is 172 cm³/mol. The van der Waals surface area contributed by atoms with Crippen LogP contribution >= 0.6 is 0 Å². The minimum atomic E-state index is -1.68. The number of benzene rings is 1. The van der Waals surface area contributed by atoms with Crippen molar-refractivity contribution < 1.29 is 62.5 Å². The van der Waals surface area contributed by atoms with Crippen LogP contribution in [-0.2, 0) is 42.7 Å². The molecule has 1 unspecified atom stereocenters. The summed E-state index contributed by atoms with van der Waals surface area (Å²) < 4.78 is 49.1. The Labute approximate surface area is 291 Å². The molecule has 2 N–H and O–H groups in total. The van der Waals surface area contributed by atoms with Crippen LogP contribution in [-0.4, -0.2) is 136 Å². The van der Waals surface area contributed by atoms with Gasteiger partial charge in [-0.15, -0.1) is 0 Å². The van der Waals surface area contributed by atoms with E-state index in [1.165, 1.54) is 35.2 Å². The Morgan fingerprint density at radius 3 is 2.12 bits per heavy atom. The summed E-state index contributed by atoms with van der Waals surface area (Å²) in [6.45, 7) is 2.68. The molecular weight excluding hydrogens is 654 g/mol. The van der Waals surface area contributed by atoms with Gasteiger partial charge in [0.15, 0.2) is 0 Å². The monoisotopic (exact) mass is 703 g/mol. The number of hydrogen-bond donors (Lipinski definition) is 2. The zero-order valence-corrected chi connectivity index (χ0v) is 29.8. The van der Waals surface area contributed by atoms with E-state index in [0.717, 1.165) is 0 Å². The molecule has 0 aromatic heterocycles. The molecule has 1 aliphatic heterocycles. The van der Waals surface area contributed by atoms with Gasteiger partial charge in [-0.2, -0.15) is 0 Å². The highest BCUT2D eigenvalue weighted by atomic mass is 16.6. The average Bonchev–Trinajstić information content (AvgIpc) is 3.49. The lowest BCUT2D eigenvalue weighted by Crippen LogP contribution is -2.81. The highest BCUT2D eigenvalue weighted by Gasteiger charge is 2.92. The van der Waals surface area contributed by atoms with Crippen LogP contribution in [0.1, 0.15) is 43.5 Å². The fraction of sp³-hybridized carbons (Fsp3) is 0.750. The third-order valence-corrected chi connectivity index (χ3v) is 13.6. The number of aliphatic hydroxyl groups excluding tert-OH is 1. The molecule has 6 fully saturated rings. The van der Waals surface area contributed by atoms with Gasteiger partial charge in [-0.3, -0.25) is 14.5 Å². The lowest BCUT2D eigenvalue weighted by atomic mass is 9.42. The van der Waals surface area contributed by atoms with Crippen molar-refractivity contribution in [2.24, 2.45) is 34.5 Å². The Hall–Kier alpha value is -2.85. The van der Waals surface area contributed by atoms with Crippen molar-refractivity contribution in [2.75, 3.05) is 49.2 Å². The van der Waals surface area contributed by atoms with Gasteiger partial charge in [0.25, 0.3) is 0 Å². The van der Waals surface area contributed by atoms with E-state index >= 15 is 0 Å². The molecule has 276 valence electrons. The molecule has 1 saturated heterocycles. The number of rotatable bonds is 10. The van der Waals surface area contributed by atoms with Gasteiger partial charge in [0.05, 0.1) is 43.0 Å². The van der Waals surface area contributed by atoms with Crippen LogP contribution in [0.3, 0.4) is 0 Å². The Morgan fingerprint density at radius 2 is 1.56 bits per heavy atom. The molecule has 0 amide bonds. The van der Waals surface area contributed by atoms with Crippen molar-refractivity contribution in [2.45, 2.75) is 87.1 Å². The number of nitrogens with zero attached hydrogens (tertiary/aromatic N) is 1. The minimum absolute atomic E-state index is 0.0113. The van der Waals surface area contributed by atoms with Gasteiger partial charge in [-0.1, -0.05) is 0 Å². The maximum Gasteiger partial charge on any atom is 0.338 e. The Morgan fingerprint density at radius 1 is 0.880 bits per heavy atom. The molecule has 14 nitrogen and oxygen atoms in total. The van der Waals surface area contributed by atoms with Crippen molar-refractivity contribution >= 4 is 17.9 Å². The third kappa shape index (κ3) is 4.24. The first-order valence-corrected chi connectivity index (χ1v) is 17.2. The lowest BCUT2D eigenvalue weighted by molar-refractivity contribution is -0.338. The Bertz CT molecular complexity index is 1520. The van der Waals surface area contributed by atoms with Gasteiger partial charge in [0.2, 0.25) is 0 Å². The molecular formula is C36H49NO13. The molecule has 1 aromatic rings. The predicted octanol–water partition coefficient (Wildman–Crippen LogP) is 1.19. The first-order valence-electron chi connectivity index (χ1n) is 17.2. The maximum absolute atomic E-state index is 13.9. The van der Waals surface area contributed by atoms with Crippen LogP contribution < -0.4 is 4.74 Å². The largest absolute Gasteiger partial charge is 0.497 e. The highest BCUT2D eigenvalue weighted by Crippen LogP contribution is 2.81. The number of carbonyl (C=O) groups is 3. The van der Waals surface area contributed by atoms with Crippen LogP contribution in [0.25, 0.3) is 0 Å². The van der Waals surface area contributed by atoms with E-state index in [2.05, 4.69) is 0 Å². The van der Waals surface area contributed by atoms with Crippen LogP contribution in [0.15, 0.2) is 24.3 Å². The van der Waals surface area contributed by atoms with E-state index in [4.69, 9.17) is 37.9 Å². The van der Waals surface area contributed by atoms with Gasteiger partial charge in [0.1, 0.15) is 35.4 Å². The molecule has 1 aromatic carbocycles. The summed E-state index contributed by atoms with van der Waals surface area (Å²) in [7, 11) is 9.57. The normalized spacial score (nSPS) is 46.6. The summed E-state index contributed by atoms with van der Waals surface area (Å²) >= 11 is 0. The van der Waals surface area contributed by atoms with Gasteiger partial charge in [0, 0.05) is 84.3 Å². The van der Waals surface area contributed by atoms with Gasteiger partial charge < -0.3 is 48.1 Å². The Kier molecular flexibility index (Phi) is 8.61. The quantitative estimate of drug-likeness (QED) is 0.263. The van der Waals surface area contributed by atoms with Crippen LogP contribution in [0.5, 0.6) is 5.75 Å². The fourth-order valence-corrected chi connectivity index (χ4v) is 12.6. The molecule has 7 rings (SSSR count). The maximum atomic E-state index is 13.9. The first-order chi connectivity index (χ1) is 23.8. The molecule has 0 radical (unpaired) electrons.